The summed E-state index contributed by atoms with van der Waals surface area (Å²) in [6.07, 6.45) is 4.55. The summed E-state index contributed by atoms with van der Waals surface area (Å²) >= 11 is 0. The first-order valence-electron chi connectivity index (χ1n) is 5.75. The number of hydrogen-bond acceptors (Lipinski definition) is 2. The van der Waals surface area contributed by atoms with Crippen molar-refractivity contribution in [2.75, 3.05) is 33.2 Å². The van der Waals surface area contributed by atoms with Gasteiger partial charge in [-0.3, -0.25) is 4.79 Å². The van der Waals surface area contributed by atoms with E-state index < -0.39 is 0 Å². The van der Waals surface area contributed by atoms with Crippen molar-refractivity contribution < 1.29 is 4.79 Å². The van der Waals surface area contributed by atoms with Gasteiger partial charge in [-0.25, -0.2) is 0 Å². The van der Waals surface area contributed by atoms with Gasteiger partial charge in [-0.1, -0.05) is 0 Å². The van der Waals surface area contributed by atoms with Gasteiger partial charge < -0.3 is 9.80 Å². The van der Waals surface area contributed by atoms with Crippen LogP contribution in [0.2, 0.25) is 0 Å². The van der Waals surface area contributed by atoms with E-state index in [-0.39, 0.29) is 0 Å². The molecule has 1 amide bonds. The number of hydrogen-bond donors (Lipinski definition) is 0. The molecule has 0 aromatic rings. The van der Waals surface area contributed by atoms with Crippen LogP contribution in [0.3, 0.4) is 0 Å². The van der Waals surface area contributed by atoms with Crippen LogP contribution in [-0.2, 0) is 4.79 Å². The third kappa shape index (κ3) is 2.08. The van der Waals surface area contributed by atoms with Gasteiger partial charge in [0.25, 0.3) is 0 Å². The van der Waals surface area contributed by atoms with Crippen molar-refractivity contribution in [1.29, 1.82) is 0 Å². The molecule has 1 atom stereocenters. The lowest BCUT2D eigenvalue weighted by Crippen LogP contribution is -2.45. The number of nitrogens with zero attached hydrogens (tertiary/aromatic N) is 2. The van der Waals surface area contributed by atoms with Gasteiger partial charge in [-0.15, -0.1) is 0 Å². The Morgan fingerprint density at radius 3 is 2.50 bits per heavy atom. The maximum atomic E-state index is 11.9. The van der Waals surface area contributed by atoms with Gasteiger partial charge in [0.2, 0.25) is 5.91 Å². The van der Waals surface area contributed by atoms with E-state index in [1.807, 2.05) is 4.90 Å². The molecule has 80 valence electrons. The molecule has 0 saturated carbocycles. The van der Waals surface area contributed by atoms with Crippen molar-refractivity contribution in [1.82, 2.24) is 9.80 Å². The van der Waals surface area contributed by atoms with Gasteiger partial charge in [0.15, 0.2) is 0 Å². The number of carbonyl (C=O) groups excluding carboxylic acids is 1. The van der Waals surface area contributed by atoms with Crippen molar-refractivity contribution >= 4 is 5.91 Å². The molecule has 0 spiro atoms. The van der Waals surface area contributed by atoms with E-state index in [0.717, 1.165) is 39.0 Å². The normalized spacial score (nSPS) is 29.5. The van der Waals surface area contributed by atoms with Gasteiger partial charge in [0.1, 0.15) is 0 Å². The fourth-order valence-corrected chi connectivity index (χ4v) is 2.28. The van der Waals surface area contributed by atoms with E-state index in [4.69, 9.17) is 0 Å². The molecule has 0 N–H and O–H groups in total. The van der Waals surface area contributed by atoms with Crippen LogP contribution in [0.1, 0.15) is 25.7 Å². The summed E-state index contributed by atoms with van der Waals surface area (Å²) in [5, 5.41) is 0. The number of amides is 1. The Labute approximate surface area is 86.1 Å². The molecule has 3 heteroatoms. The van der Waals surface area contributed by atoms with E-state index in [2.05, 4.69) is 11.9 Å². The number of likely N-dealkylation sites (tertiary alicyclic amines) is 2. The summed E-state index contributed by atoms with van der Waals surface area (Å²) in [5.41, 5.74) is 0. The molecule has 0 aromatic heterocycles. The summed E-state index contributed by atoms with van der Waals surface area (Å²) in [5.74, 6) is 0.742. The molecular weight excluding hydrogens is 176 g/mol. The zero-order chi connectivity index (χ0) is 9.97. The van der Waals surface area contributed by atoms with Crippen LogP contribution in [-0.4, -0.2) is 48.9 Å². The Morgan fingerprint density at radius 1 is 1.07 bits per heavy atom. The molecule has 0 bridgehead atoms. The SMILES string of the molecule is CN1CCC[C@@H](C(=O)N2CCC2)CC1. The minimum atomic E-state index is 0.320. The van der Waals surface area contributed by atoms with Crippen LogP contribution in [0.4, 0.5) is 0 Å². The molecular formula is C11H20N2O. The zero-order valence-electron chi connectivity index (χ0n) is 9.04. The summed E-state index contributed by atoms with van der Waals surface area (Å²) < 4.78 is 0. The Balaban J connectivity index is 1.86. The lowest BCUT2D eigenvalue weighted by atomic mass is 9.97. The minimum absolute atomic E-state index is 0.320. The second-order valence-electron chi connectivity index (χ2n) is 4.61. The van der Waals surface area contributed by atoms with Crippen molar-refractivity contribution in [3.8, 4) is 0 Å². The summed E-state index contributed by atoms with van der Waals surface area (Å²) in [7, 11) is 2.15. The van der Waals surface area contributed by atoms with Crippen LogP contribution < -0.4 is 0 Å². The average molecular weight is 196 g/mol. The van der Waals surface area contributed by atoms with E-state index in [1.54, 1.807) is 0 Å². The van der Waals surface area contributed by atoms with E-state index >= 15 is 0 Å². The quantitative estimate of drug-likeness (QED) is 0.623. The average Bonchev–Trinajstić information content (AvgIpc) is 2.26. The molecule has 0 aromatic carbocycles. The van der Waals surface area contributed by atoms with Crippen LogP contribution in [0.5, 0.6) is 0 Å². The largest absolute Gasteiger partial charge is 0.342 e. The lowest BCUT2D eigenvalue weighted by Gasteiger charge is -2.33. The fraction of sp³-hybridized carbons (Fsp3) is 0.909. The van der Waals surface area contributed by atoms with E-state index in [0.29, 0.717) is 11.8 Å². The van der Waals surface area contributed by atoms with E-state index in [1.165, 1.54) is 12.8 Å². The smallest absolute Gasteiger partial charge is 0.225 e. The zero-order valence-corrected chi connectivity index (χ0v) is 9.04. The van der Waals surface area contributed by atoms with Crippen LogP contribution >= 0.6 is 0 Å². The maximum Gasteiger partial charge on any atom is 0.225 e. The third-order valence-electron chi connectivity index (χ3n) is 3.47. The van der Waals surface area contributed by atoms with Crippen molar-refractivity contribution in [3.63, 3.8) is 0 Å². The number of carbonyl (C=O) groups is 1. The number of rotatable bonds is 1. The molecule has 3 nitrogen and oxygen atoms in total. The van der Waals surface area contributed by atoms with Crippen LogP contribution in [0.15, 0.2) is 0 Å². The summed E-state index contributed by atoms with van der Waals surface area (Å²) in [6.45, 7) is 4.25. The highest BCUT2D eigenvalue weighted by Gasteiger charge is 2.28. The van der Waals surface area contributed by atoms with Gasteiger partial charge in [-0.2, -0.15) is 0 Å². The predicted octanol–water partition coefficient (Wildman–Crippen LogP) is 0.951. The molecule has 0 radical (unpaired) electrons. The highest BCUT2D eigenvalue weighted by atomic mass is 16.2. The molecule has 14 heavy (non-hydrogen) atoms. The Hall–Kier alpha value is -0.570. The molecule has 0 aliphatic carbocycles. The first-order chi connectivity index (χ1) is 6.77. The fourth-order valence-electron chi connectivity index (χ4n) is 2.28. The second kappa shape index (κ2) is 4.30. The first-order valence-corrected chi connectivity index (χ1v) is 5.75. The van der Waals surface area contributed by atoms with Gasteiger partial charge in [0.05, 0.1) is 0 Å². The molecule has 2 fully saturated rings. The Kier molecular flexibility index (Phi) is 3.06. The third-order valence-corrected chi connectivity index (χ3v) is 3.47. The summed E-state index contributed by atoms with van der Waals surface area (Å²) in [4.78, 5) is 16.3. The van der Waals surface area contributed by atoms with Gasteiger partial charge in [-0.05, 0) is 45.8 Å². The monoisotopic (exact) mass is 196 g/mol. The highest BCUT2D eigenvalue weighted by Crippen LogP contribution is 2.21. The molecule has 2 aliphatic heterocycles. The predicted molar refractivity (Wildman–Crippen MR) is 56.0 cm³/mol. The van der Waals surface area contributed by atoms with E-state index in [9.17, 15) is 4.79 Å². The molecule has 2 heterocycles. The molecule has 2 rings (SSSR count). The first kappa shape index (κ1) is 9.97. The maximum absolute atomic E-state index is 11.9. The molecule has 2 aliphatic rings. The van der Waals surface area contributed by atoms with Crippen molar-refractivity contribution in [3.05, 3.63) is 0 Å². The molecule has 2 saturated heterocycles. The van der Waals surface area contributed by atoms with Crippen LogP contribution in [0.25, 0.3) is 0 Å². The second-order valence-corrected chi connectivity index (χ2v) is 4.61. The van der Waals surface area contributed by atoms with Crippen LogP contribution in [0, 0.1) is 5.92 Å². The topological polar surface area (TPSA) is 23.6 Å². The lowest BCUT2D eigenvalue weighted by molar-refractivity contribution is -0.139. The van der Waals surface area contributed by atoms with Gasteiger partial charge >= 0.3 is 0 Å². The Bertz CT molecular complexity index is 213. The Morgan fingerprint density at radius 2 is 1.86 bits per heavy atom. The van der Waals surface area contributed by atoms with Crippen molar-refractivity contribution in [2.24, 2.45) is 5.92 Å². The van der Waals surface area contributed by atoms with Gasteiger partial charge in [0, 0.05) is 19.0 Å². The minimum Gasteiger partial charge on any atom is -0.342 e. The molecule has 0 unspecified atom stereocenters. The van der Waals surface area contributed by atoms with Crippen molar-refractivity contribution in [2.45, 2.75) is 25.7 Å². The highest BCUT2D eigenvalue weighted by molar-refractivity contribution is 5.79. The summed E-state index contributed by atoms with van der Waals surface area (Å²) in [6, 6.07) is 0. The standard InChI is InChI=1S/C11H20N2O/c1-12-6-2-4-10(5-9-12)11(14)13-7-3-8-13/h10H,2-9H2,1H3/t10-/m1/s1.